The van der Waals surface area contributed by atoms with Crippen molar-refractivity contribution in [2.45, 2.75) is 168 Å². The first-order valence-corrected chi connectivity index (χ1v) is 33.3. The molecule has 0 N–H and O–H groups in total. The van der Waals surface area contributed by atoms with Gasteiger partial charge in [0.05, 0.1) is 11.4 Å². The fraction of sp³-hybridized carbons (Fsp3) is 0.302. The second-order valence-electron chi connectivity index (χ2n) is 32.9. The van der Waals surface area contributed by atoms with Crippen molar-refractivity contribution in [1.29, 1.82) is 0 Å². The summed E-state index contributed by atoms with van der Waals surface area (Å²) in [6.07, 6.45) is 2.15. The van der Waals surface area contributed by atoms with Crippen LogP contribution in [0.3, 0.4) is 0 Å². The molecule has 0 bridgehead atoms. The average Bonchev–Trinajstić information content (AvgIpc) is 1.48. The molecule has 1 aromatic heterocycles. The Balaban J connectivity index is 1.11. The smallest absolute Gasteiger partial charge is 0.252 e. The van der Waals surface area contributed by atoms with Crippen molar-refractivity contribution in [1.82, 2.24) is 0 Å². The van der Waals surface area contributed by atoms with Crippen molar-refractivity contribution in [3.8, 4) is 22.3 Å². The molecule has 4 nitrogen and oxygen atoms in total. The van der Waals surface area contributed by atoms with E-state index in [9.17, 15) is 0 Å². The van der Waals surface area contributed by atoms with Crippen molar-refractivity contribution in [2.75, 3.05) is 14.7 Å². The maximum atomic E-state index is 6.65. The third-order valence-corrected chi connectivity index (χ3v) is 21.3. The molecule has 0 unspecified atom stereocenters. The van der Waals surface area contributed by atoms with Crippen molar-refractivity contribution in [2.24, 2.45) is 0 Å². The minimum atomic E-state index is -0.161. The van der Waals surface area contributed by atoms with Gasteiger partial charge in [0.25, 0.3) is 6.71 Å². The lowest BCUT2D eigenvalue weighted by molar-refractivity contribution is 0.403. The zero-order valence-corrected chi connectivity index (χ0v) is 56.8. The third kappa shape index (κ3) is 9.44. The Bertz CT molecular complexity index is 4710. The highest BCUT2D eigenvalue weighted by Crippen LogP contribution is 2.57. The van der Waals surface area contributed by atoms with Crippen LogP contribution < -0.4 is 31.1 Å². The van der Waals surface area contributed by atoms with Gasteiger partial charge in [-0.1, -0.05) is 233 Å². The van der Waals surface area contributed by atoms with E-state index in [0.29, 0.717) is 0 Å². The van der Waals surface area contributed by atoms with Gasteiger partial charge in [0.2, 0.25) is 0 Å². The Labute approximate surface area is 542 Å². The summed E-state index contributed by atoms with van der Waals surface area (Å²) in [6, 6.07) is 77.8. The molecule has 91 heavy (non-hydrogen) atoms. The SMILES string of the molecule is CC(C)(C)c1ccc(N(c2ccc(C(C)(C)C)cc2)c2cc3c4c(c2)N(c2ccc(C(C)(C)C)cc2-c2ccccc2)c2ccc(-c5cccc6oc7ccccc7c56)cc2B4c2cc4c(cc2N3c2ccc3c(c2)C(C)(C)CC3(C)C)C(C)(C)CC4(C)C)cc1. The van der Waals surface area contributed by atoms with E-state index in [1.807, 2.05) is 0 Å². The highest BCUT2D eigenvalue weighted by atomic mass is 16.3. The normalized spacial score (nSPS) is 16.6. The van der Waals surface area contributed by atoms with E-state index in [4.69, 9.17) is 4.42 Å². The maximum absolute atomic E-state index is 6.65. The standard InChI is InChI=1S/C86H88BN3O/c1-80(2,3)55-31-36-58(37-32-55)88(59-38-33-56(34-39-59)81(4,5)6)61-47-74-79-75(48-61)90(71-43-35-57(82(7,8)9)45-64(71)53-24-19-18-20-25-53)72-42-30-54(62-27-23-29-77-78(62)63-26-21-22-28-76(63)91-77)44-69(72)87(79)70-49-67-68(86(16,17)52-85(67,14)15)50-73(70)89(74)60-40-41-65-66(46-60)84(12,13)51-83(65,10)11/h18-50H,51-52H2,1-17H3. The van der Waals surface area contributed by atoms with Crippen LogP contribution in [0.2, 0.25) is 0 Å². The second kappa shape index (κ2) is 20.0. The molecule has 456 valence electrons. The van der Waals surface area contributed by atoms with Gasteiger partial charge in [-0.05, 0) is 208 Å². The molecule has 5 heteroatoms. The van der Waals surface area contributed by atoms with Gasteiger partial charge < -0.3 is 19.1 Å². The van der Waals surface area contributed by atoms with E-state index in [0.717, 1.165) is 57.5 Å². The van der Waals surface area contributed by atoms with Gasteiger partial charge in [0.15, 0.2) is 0 Å². The summed E-state index contributed by atoms with van der Waals surface area (Å²) in [5.41, 5.74) is 30.3. The lowest BCUT2D eigenvalue weighted by Gasteiger charge is -2.46. The zero-order valence-electron chi connectivity index (χ0n) is 56.8. The van der Waals surface area contributed by atoms with E-state index >= 15 is 0 Å². The van der Waals surface area contributed by atoms with E-state index in [2.05, 4.69) is 333 Å². The first-order valence-electron chi connectivity index (χ1n) is 33.3. The monoisotopic (exact) mass is 1190 g/mol. The summed E-state index contributed by atoms with van der Waals surface area (Å²) in [5.74, 6) is 0. The molecule has 0 saturated heterocycles. The lowest BCUT2D eigenvalue weighted by atomic mass is 9.33. The van der Waals surface area contributed by atoms with Crippen LogP contribution in [0.4, 0.5) is 51.2 Å². The van der Waals surface area contributed by atoms with Crippen LogP contribution in [-0.2, 0) is 37.9 Å². The molecule has 0 atom stereocenters. The van der Waals surface area contributed by atoms with Gasteiger partial charge in [-0.3, -0.25) is 0 Å². The van der Waals surface area contributed by atoms with Gasteiger partial charge in [0.1, 0.15) is 11.2 Å². The van der Waals surface area contributed by atoms with Crippen molar-refractivity contribution in [3.63, 3.8) is 0 Å². The number of anilines is 9. The second-order valence-corrected chi connectivity index (χ2v) is 32.9. The highest BCUT2D eigenvalue weighted by Gasteiger charge is 2.50. The summed E-state index contributed by atoms with van der Waals surface area (Å²) < 4.78 is 6.65. The molecule has 15 rings (SSSR count). The predicted molar refractivity (Wildman–Crippen MR) is 391 cm³/mol. The summed E-state index contributed by atoms with van der Waals surface area (Å²) in [4.78, 5) is 7.92. The Morgan fingerprint density at radius 1 is 0.374 bits per heavy atom. The molecule has 11 aromatic rings. The molecular weight excluding hydrogens is 1100 g/mol. The van der Waals surface area contributed by atoms with Crippen molar-refractivity contribution in [3.05, 3.63) is 239 Å². The fourth-order valence-electron chi connectivity index (χ4n) is 17.1. The number of furan rings is 1. The first-order chi connectivity index (χ1) is 43.0. The Morgan fingerprint density at radius 2 is 0.901 bits per heavy atom. The van der Waals surface area contributed by atoms with Gasteiger partial charge in [-0.25, -0.2) is 0 Å². The van der Waals surface area contributed by atoms with Crippen LogP contribution >= 0.6 is 0 Å². The Kier molecular flexibility index (Phi) is 12.9. The summed E-state index contributed by atoms with van der Waals surface area (Å²) in [5, 5.41) is 2.27. The number of hydrogen-bond donors (Lipinski definition) is 0. The average molecular weight is 1190 g/mol. The molecule has 0 fully saturated rings. The van der Waals surface area contributed by atoms with E-state index in [-0.39, 0.29) is 44.6 Å². The van der Waals surface area contributed by atoms with Crippen LogP contribution in [0.15, 0.2) is 205 Å². The molecular formula is C86H88BN3O. The van der Waals surface area contributed by atoms with Crippen LogP contribution in [-0.4, -0.2) is 6.71 Å². The summed E-state index contributed by atoms with van der Waals surface area (Å²) >= 11 is 0. The minimum Gasteiger partial charge on any atom is -0.456 e. The number of nitrogens with zero attached hydrogens (tertiary/aromatic N) is 3. The van der Waals surface area contributed by atoms with E-state index in [1.165, 1.54) is 106 Å². The van der Waals surface area contributed by atoms with Crippen molar-refractivity contribution >= 4 is 96.2 Å². The van der Waals surface area contributed by atoms with Crippen LogP contribution in [0.1, 0.15) is 169 Å². The third-order valence-electron chi connectivity index (χ3n) is 21.3. The number of para-hydroxylation sites is 1. The molecule has 2 aliphatic carbocycles. The molecule has 0 spiro atoms. The number of rotatable bonds is 7. The molecule has 3 heterocycles. The molecule has 4 aliphatic rings. The Hall–Kier alpha value is -8.54. The number of hydrogen-bond acceptors (Lipinski definition) is 4. The molecule has 2 aliphatic heterocycles. The molecule has 0 saturated carbocycles. The van der Waals surface area contributed by atoms with E-state index in [1.54, 1.807) is 0 Å². The highest BCUT2D eigenvalue weighted by molar-refractivity contribution is 7.00. The summed E-state index contributed by atoms with van der Waals surface area (Å²) in [6.45, 7) is 40.5. The topological polar surface area (TPSA) is 22.9 Å². The van der Waals surface area contributed by atoms with Crippen LogP contribution in [0.5, 0.6) is 0 Å². The van der Waals surface area contributed by atoms with Gasteiger partial charge in [0, 0.05) is 56.1 Å². The maximum Gasteiger partial charge on any atom is 0.252 e. The zero-order chi connectivity index (χ0) is 63.9. The molecule has 10 aromatic carbocycles. The van der Waals surface area contributed by atoms with Crippen LogP contribution in [0.25, 0.3) is 44.2 Å². The number of fused-ring (bicyclic) bond motifs is 9. The Morgan fingerprint density at radius 3 is 1.53 bits per heavy atom. The first kappa shape index (κ1) is 58.8. The minimum absolute atomic E-state index is 0.0220. The van der Waals surface area contributed by atoms with E-state index < -0.39 is 0 Å². The molecule has 0 radical (unpaired) electrons. The predicted octanol–water partition coefficient (Wildman–Crippen LogP) is 22.3. The fourth-order valence-corrected chi connectivity index (χ4v) is 17.1. The largest absolute Gasteiger partial charge is 0.456 e. The van der Waals surface area contributed by atoms with Crippen LogP contribution in [0, 0.1) is 0 Å². The van der Waals surface area contributed by atoms with Gasteiger partial charge in [-0.15, -0.1) is 0 Å². The lowest BCUT2D eigenvalue weighted by Crippen LogP contribution is -2.61. The van der Waals surface area contributed by atoms with Gasteiger partial charge >= 0.3 is 0 Å². The number of benzene rings is 10. The summed E-state index contributed by atoms with van der Waals surface area (Å²) in [7, 11) is 0. The van der Waals surface area contributed by atoms with Crippen molar-refractivity contribution < 1.29 is 4.42 Å². The van der Waals surface area contributed by atoms with Gasteiger partial charge in [-0.2, -0.15) is 0 Å². The quantitative estimate of drug-likeness (QED) is 0.148. The molecule has 0 amide bonds.